The minimum Gasteiger partial charge on any atom is -0.481 e. The van der Waals surface area contributed by atoms with Crippen molar-refractivity contribution >= 4 is 22.4 Å². The standard InChI is InChI=1S/C15H24N2O2S/c1-3-5-9-17(10-6-4-2)15-16-13-11(14(18)19)7-8-12(13)20-15/h11H,3-10H2,1-2H3,(H,18,19). The Hall–Kier alpha value is -1.10. The van der Waals surface area contributed by atoms with Crippen molar-refractivity contribution in [3.63, 3.8) is 0 Å². The summed E-state index contributed by atoms with van der Waals surface area (Å²) in [5.74, 6) is -1.11. The van der Waals surface area contributed by atoms with Crippen molar-refractivity contribution in [2.75, 3.05) is 18.0 Å². The first-order valence-electron chi connectivity index (χ1n) is 7.64. The summed E-state index contributed by atoms with van der Waals surface area (Å²) in [6.45, 7) is 6.45. The summed E-state index contributed by atoms with van der Waals surface area (Å²) < 4.78 is 0. The number of carbonyl (C=O) groups is 1. The third kappa shape index (κ3) is 3.32. The molecule has 0 fully saturated rings. The van der Waals surface area contributed by atoms with Gasteiger partial charge >= 0.3 is 5.97 Å². The van der Waals surface area contributed by atoms with Crippen molar-refractivity contribution in [2.24, 2.45) is 0 Å². The van der Waals surface area contributed by atoms with E-state index >= 15 is 0 Å². The number of carboxylic acids is 1. The van der Waals surface area contributed by atoms with Gasteiger partial charge in [-0.2, -0.15) is 0 Å². The highest BCUT2D eigenvalue weighted by Crippen LogP contribution is 2.39. The van der Waals surface area contributed by atoms with Crippen molar-refractivity contribution < 1.29 is 9.90 Å². The zero-order chi connectivity index (χ0) is 14.5. The Morgan fingerprint density at radius 2 is 2.00 bits per heavy atom. The number of thiazole rings is 1. The lowest BCUT2D eigenvalue weighted by atomic mass is 10.1. The molecule has 0 amide bonds. The van der Waals surface area contributed by atoms with Crippen LogP contribution in [0.15, 0.2) is 0 Å². The lowest BCUT2D eigenvalue weighted by Crippen LogP contribution is -2.25. The lowest BCUT2D eigenvalue weighted by molar-refractivity contribution is -0.138. The Morgan fingerprint density at radius 1 is 1.35 bits per heavy atom. The van der Waals surface area contributed by atoms with Crippen molar-refractivity contribution in [1.29, 1.82) is 0 Å². The average molecular weight is 296 g/mol. The van der Waals surface area contributed by atoms with Gasteiger partial charge in [-0.3, -0.25) is 4.79 Å². The molecule has 0 saturated heterocycles. The molecule has 1 aliphatic carbocycles. The Labute approximate surface area is 124 Å². The largest absolute Gasteiger partial charge is 0.481 e. The van der Waals surface area contributed by atoms with Gasteiger partial charge in [0.15, 0.2) is 5.13 Å². The number of aryl methyl sites for hydroxylation is 1. The van der Waals surface area contributed by atoms with Crippen molar-refractivity contribution in [3.8, 4) is 0 Å². The summed E-state index contributed by atoms with van der Waals surface area (Å²) >= 11 is 1.70. The third-order valence-corrected chi connectivity index (χ3v) is 5.03. The van der Waals surface area contributed by atoms with Gasteiger partial charge in [-0.25, -0.2) is 4.98 Å². The second-order valence-electron chi connectivity index (χ2n) is 5.43. The van der Waals surface area contributed by atoms with Gasteiger partial charge in [-0.05, 0) is 25.7 Å². The molecule has 2 rings (SSSR count). The maximum absolute atomic E-state index is 11.2. The van der Waals surface area contributed by atoms with Gasteiger partial charge in [0.25, 0.3) is 0 Å². The molecule has 0 bridgehead atoms. The normalized spacial score (nSPS) is 17.2. The Balaban J connectivity index is 2.13. The fourth-order valence-corrected chi connectivity index (χ4v) is 3.78. The van der Waals surface area contributed by atoms with Crippen LogP contribution >= 0.6 is 11.3 Å². The van der Waals surface area contributed by atoms with E-state index in [9.17, 15) is 9.90 Å². The van der Waals surface area contributed by atoms with Gasteiger partial charge < -0.3 is 10.0 Å². The highest BCUT2D eigenvalue weighted by molar-refractivity contribution is 7.15. The zero-order valence-corrected chi connectivity index (χ0v) is 13.2. The van der Waals surface area contributed by atoms with E-state index in [0.717, 1.165) is 43.2 Å². The maximum atomic E-state index is 11.2. The van der Waals surface area contributed by atoms with Gasteiger partial charge in [-0.1, -0.05) is 26.7 Å². The minimum atomic E-state index is -0.728. The average Bonchev–Trinajstić information content (AvgIpc) is 2.98. The van der Waals surface area contributed by atoms with Gasteiger partial charge in [0, 0.05) is 18.0 Å². The summed E-state index contributed by atoms with van der Waals surface area (Å²) in [6, 6.07) is 0. The van der Waals surface area contributed by atoms with E-state index in [2.05, 4.69) is 23.7 Å². The fourth-order valence-electron chi connectivity index (χ4n) is 2.59. The summed E-state index contributed by atoms with van der Waals surface area (Å²) in [6.07, 6.45) is 6.26. The number of anilines is 1. The molecule has 1 heterocycles. The van der Waals surface area contributed by atoms with Crippen LogP contribution in [0.25, 0.3) is 0 Å². The van der Waals surface area contributed by atoms with Crippen molar-refractivity contribution in [2.45, 2.75) is 58.3 Å². The molecular formula is C15H24N2O2S. The van der Waals surface area contributed by atoms with E-state index in [4.69, 9.17) is 0 Å². The minimum absolute atomic E-state index is 0.380. The topological polar surface area (TPSA) is 53.4 Å². The molecule has 20 heavy (non-hydrogen) atoms. The molecule has 1 aromatic rings. The van der Waals surface area contributed by atoms with E-state index in [0.29, 0.717) is 6.42 Å². The first-order chi connectivity index (χ1) is 9.67. The number of unbranched alkanes of at least 4 members (excludes halogenated alkanes) is 2. The van der Waals surface area contributed by atoms with Crippen LogP contribution in [0.2, 0.25) is 0 Å². The molecule has 1 atom stereocenters. The second kappa shape index (κ2) is 7.07. The molecule has 0 radical (unpaired) electrons. The number of fused-ring (bicyclic) bond motifs is 1. The van der Waals surface area contributed by atoms with Crippen LogP contribution in [0.5, 0.6) is 0 Å². The molecule has 1 aliphatic rings. The highest BCUT2D eigenvalue weighted by Gasteiger charge is 2.33. The fraction of sp³-hybridized carbons (Fsp3) is 0.733. The van der Waals surface area contributed by atoms with Crippen LogP contribution in [0.1, 0.15) is 62.4 Å². The third-order valence-electron chi connectivity index (χ3n) is 3.84. The van der Waals surface area contributed by atoms with Crippen LogP contribution in [0.4, 0.5) is 5.13 Å². The SMILES string of the molecule is CCCCN(CCCC)c1nc2c(s1)CCC2C(=O)O. The predicted octanol–water partition coefficient (Wildman–Crippen LogP) is 3.66. The van der Waals surface area contributed by atoms with Crippen LogP contribution in [-0.4, -0.2) is 29.1 Å². The summed E-state index contributed by atoms with van der Waals surface area (Å²) in [4.78, 5) is 19.4. The molecule has 0 saturated carbocycles. The molecule has 1 unspecified atom stereocenters. The molecule has 0 spiro atoms. The second-order valence-corrected chi connectivity index (χ2v) is 6.49. The highest BCUT2D eigenvalue weighted by atomic mass is 32.1. The number of hydrogen-bond acceptors (Lipinski definition) is 4. The van der Waals surface area contributed by atoms with Crippen LogP contribution in [0.3, 0.4) is 0 Å². The number of rotatable bonds is 8. The number of aromatic nitrogens is 1. The quantitative estimate of drug-likeness (QED) is 0.795. The van der Waals surface area contributed by atoms with Gasteiger partial charge in [0.05, 0.1) is 5.69 Å². The monoisotopic (exact) mass is 296 g/mol. The predicted molar refractivity (Wildman–Crippen MR) is 82.8 cm³/mol. The molecule has 1 aromatic heterocycles. The molecule has 0 aromatic carbocycles. The Bertz CT molecular complexity index is 451. The van der Waals surface area contributed by atoms with E-state index < -0.39 is 5.97 Å². The number of aliphatic carboxylic acids is 1. The lowest BCUT2D eigenvalue weighted by Gasteiger charge is -2.21. The molecule has 1 N–H and O–H groups in total. The number of hydrogen-bond donors (Lipinski definition) is 1. The molecule has 4 nitrogen and oxygen atoms in total. The van der Waals surface area contributed by atoms with E-state index in [-0.39, 0.29) is 5.92 Å². The molecule has 0 aliphatic heterocycles. The van der Waals surface area contributed by atoms with E-state index in [1.165, 1.54) is 17.7 Å². The summed E-state index contributed by atoms with van der Waals surface area (Å²) in [5.41, 5.74) is 0.829. The zero-order valence-electron chi connectivity index (χ0n) is 12.4. The van der Waals surface area contributed by atoms with Crippen LogP contribution in [0, 0.1) is 0 Å². The van der Waals surface area contributed by atoms with Gasteiger partial charge in [0.1, 0.15) is 5.92 Å². The van der Waals surface area contributed by atoms with Gasteiger partial charge in [0.2, 0.25) is 0 Å². The van der Waals surface area contributed by atoms with Crippen molar-refractivity contribution in [1.82, 2.24) is 4.98 Å². The summed E-state index contributed by atoms with van der Waals surface area (Å²) in [7, 11) is 0. The molecule has 5 heteroatoms. The number of carboxylic acid groups (broad SMARTS) is 1. The maximum Gasteiger partial charge on any atom is 0.312 e. The molecule has 112 valence electrons. The molecular weight excluding hydrogens is 272 g/mol. The van der Waals surface area contributed by atoms with Gasteiger partial charge in [-0.15, -0.1) is 11.3 Å². The first kappa shape index (κ1) is 15.3. The first-order valence-corrected chi connectivity index (χ1v) is 8.46. The Morgan fingerprint density at radius 3 is 2.55 bits per heavy atom. The van der Waals surface area contributed by atoms with E-state index in [1.807, 2.05) is 0 Å². The van der Waals surface area contributed by atoms with Crippen molar-refractivity contribution in [3.05, 3.63) is 10.6 Å². The number of nitrogens with zero attached hydrogens (tertiary/aromatic N) is 2. The smallest absolute Gasteiger partial charge is 0.312 e. The van der Waals surface area contributed by atoms with Crippen LogP contribution in [-0.2, 0) is 11.2 Å². The van der Waals surface area contributed by atoms with E-state index in [1.54, 1.807) is 11.3 Å². The summed E-state index contributed by atoms with van der Waals surface area (Å²) in [5, 5.41) is 10.3. The Kier molecular flexibility index (Phi) is 5.40. The van der Waals surface area contributed by atoms with Crippen LogP contribution < -0.4 is 4.90 Å².